The van der Waals surface area contributed by atoms with Gasteiger partial charge in [-0.2, -0.15) is 0 Å². The summed E-state index contributed by atoms with van der Waals surface area (Å²) in [6.45, 7) is 8.10. The van der Waals surface area contributed by atoms with E-state index < -0.39 is 0 Å². The van der Waals surface area contributed by atoms with E-state index >= 15 is 0 Å². The standard InChI is InChI=1S/C17H20BrNO/c1-4-19-11-14-6-8-17(15(18)10-14)20-16-7-5-12(2)9-13(16)3/h5-10,19H,4,11H2,1-3H3. The van der Waals surface area contributed by atoms with E-state index in [-0.39, 0.29) is 0 Å². The first-order valence-corrected chi connectivity index (χ1v) is 7.63. The first-order valence-electron chi connectivity index (χ1n) is 6.84. The molecule has 2 aromatic carbocycles. The van der Waals surface area contributed by atoms with E-state index in [2.05, 4.69) is 66.3 Å². The van der Waals surface area contributed by atoms with Crippen LogP contribution in [-0.2, 0) is 6.54 Å². The van der Waals surface area contributed by atoms with E-state index in [1.54, 1.807) is 0 Å². The second kappa shape index (κ2) is 6.91. The molecule has 0 spiro atoms. The summed E-state index contributed by atoms with van der Waals surface area (Å²) in [5.41, 5.74) is 3.63. The lowest BCUT2D eigenvalue weighted by atomic mass is 10.1. The second-order valence-electron chi connectivity index (χ2n) is 4.92. The van der Waals surface area contributed by atoms with Crippen molar-refractivity contribution in [2.24, 2.45) is 0 Å². The Labute approximate surface area is 129 Å². The zero-order valence-corrected chi connectivity index (χ0v) is 13.8. The van der Waals surface area contributed by atoms with Crippen molar-refractivity contribution in [1.29, 1.82) is 0 Å². The monoisotopic (exact) mass is 333 g/mol. The third-order valence-electron chi connectivity index (χ3n) is 3.13. The lowest BCUT2D eigenvalue weighted by Crippen LogP contribution is -2.11. The van der Waals surface area contributed by atoms with Crippen LogP contribution in [0.5, 0.6) is 11.5 Å². The van der Waals surface area contributed by atoms with Gasteiger partial charge in [0.1, 0.15) is 11.5 Å². The predicted octanol–water partition coefficient (Wildman–Crippen LogP) is 4.97. The molecule has 0 aliphatic heterocycles. The third kappa shape index (κ3) is 3.84. The molecular formula is C17H20BrNO. The minimum Gasteiger partial charge on any atom is -0.456 e. The molecule has 2 rings (SSSR count). The molecule has 0 aliphatic rings. The number of rotatable bonds is 5. The van der Waals surface area contributed by atoms with Crippen molar-refractivity contribution in [3.8, 4) is 11.5 Å². The number of hydrogen-bond donors (Lipinski definition) is 1. The Morgan fingerprint density at radius 1 is 1.05 bits per heavy atom. The highest BCUT2D eigenvalue weighted by Crippen LogP contribution is 2.32. The van der Waals surface area contributed by atoms with Crippen molar-refractivity contribution >= 4 is 15.9 Å². The Morgan fingerprint density at radius 2 is 1.80 bits per heavy atom. The van der Waals surface area contributed by atoms with Gasteiger partial charge in [-0.15, -0.1) is 0 Å². The SMILES string of the molecule is CCNCc1ccc(Oc2ccc(C)cc2C)c(Br)c1. The summed E-state index contributed by atoms with van der Waals surface area (Å²) in [4.78, 5) is 0. The van der Waals surface area contributed by atoms with Crippen LogP contribution in [0.3, 0.4) is 0 Å². The predicted molar refractivity (Wildman–Crippen MR) is 87.5 cm³/mol. The smallest absolute Gasteiger partial charge is 0.141 e. The van der Waals surface area contributed by atoms with Crippen LogP contribution >= 0.6 is 15.9 Å². The van der Waals surface area contributed by atoms with Crippen molar-refractivity contribution in [3.63, 3.8) is 0 Å². The zero-order valence-electron chi connectivity index (χ0n) is 12.2. The highest BCUT2D eigenvalue weighted by atomic mass is 79.9. The lowest BCUT2D eigenvalue weighted by Gasteiger charge is -2.12. The number of nitrogens with one attached hydrogen (secondary N) is 1. The number of ether oxygens (including phenoxy) is 1. The Balaban J connectivity index is 2.17. The van der Waals surface area contributed by atoms with E-state index in [9.17, 15) is 0 Å². The minimum atomic E-state index is 0.845. The molecule has 2 aromatic rings. The molecule has 0 heterocycles. The average molecular weight is 334 g/mol. The maximum absolute atomic E-state index is 5.99. The van der Waals surface area contributed by atoms with Gasteiger partial charge >= 0.3 is 0 Å². The van der Waals surface area contributed by atoms with Gasteiger partial charge in [0.2, 0.25) is 0 Å². The molecule has 0 aromatic heterocycles. The number of aryl methyl sites for hydroxylation is 2. The number of halogens is 1. The fourth-order valence-corrected chi connectivity index (χ4v) is 2.55. The van der Waals surface area contributed by atoms with E-state index in [0.29, 0.717) is 0 Å². The Morgan fingerprint density at radius 3 is 2.45 bits per heavy atom. The van der Waals surface area contributed by atoms with Gasteiger partial charge in [-0.3, -0.25) is 0 Å². The largest absolute Gasteiger partial charge is 0.456 e. The van der Waals surface area contributed by atoms with Crippen molar-refractivity contribution < 1.29 is 4.74 Å². The Kier molecular flexibility index (Phi) is 5.21. The summed E-state index contributed by atoms with van der Waals surface area (Å²) < 4.78 is 6.97. The van der Waals surface area contributed by atoms with Crippen LogP contribution in [0.4, 0.5) is 0 Å². The van der Waals surface area contributed by atoms with Gasteiger partial charge < -0.3 is 10.1 Å². The summed E-state index contributed by atoms with van der Waals surface area (Å²) in [5.74, 6) is 1.74. The number of benzene rings is 2. The molecule has 0 radical (unpaired) electrons. The van der Waals surface area contributed by atoms with Crippen molar-refractivity contribution in [3.05, 3.63) is 57.6 Å². The first kappa shape index (κ1) is 15.1. The maximum Gasteiger partial charge on any atom is 0.141 e. The normalized spacial score (nSPS) is 10.6. The molecule has 0 fully saturated rings. The van der Waals surface area contributed by atoms with Crippen LogP contribution in [0.2, 0.25) is 0 Å². The van der Waals surface area contributed by atoms with Crippen LogP contribution in [0.15, 0.2) is 40.9 Å². The molecule has 3 heteroatoms. The van der Waals surface area contributed by atoms with Crippen LogP contribution in [-0.4, -0.2) is 6.54 Å². The van der Waals surface area contributed by atoms with Gasteiger partial charge in [0.15, 0.2) is 0 Å². The van der Waals surface area contributed by atoms with Gasteiger partial charge in [-0.25, -0.2) is 0 Å². The van der Waals surface area contributed by atoms with Crippen LogP contribution in [0.25, 0.3) is 0 Å². The average Bonchev–Trinajstić information content (AvgIpc) is 2.42. The molecule has 1 N–H and O–H groups in total. The fourth-order valence-electron chi connectivity index (χ4n) is 2.04. The molecule has 0 amide bonds. The molecular weight excluding hydrogens is 314 g/mol. The molecule has 0 atom stereocenters. The van der Waals surface area contributed by atoms with Crippen LogP contribution < -0.4 is 10.1 Å². The molecule has 0 bridgehead atoms. The highest BCUT2D eigenvalue weighted by molar-refractivity contribution is 9.10. The summed E-state index contributed by atoms with van der Waals surface area (Å²) in [6, 6.07) is 12.4. The van der Waals surface area contributed by atoms with Gasteiger partial charge in [-0.05, 0) is 65.6 Å². The topological polar surface area (TPSA) is 21.3 Å². The molecule has 0 saturated heterocycles. The Bertz CT molecular complexity index is 596. The van der Waals surface area contributed by atoms with E-state index in [4.69, 9.17) is 4.74 Å². The molecule has 2 nitrogen and oxygen atoms in total. The van der Waals surface area contributed by atoms with Crippen molar-refractivity contribution in [2.45, 2.75) is 27.3 Å². The van der Waals surface area contributed by atoms with Crippen LogP contribution in [0.1, 0.15) is 23.6 Å². The van der Waals surface area contributed by atoms with E-state index in [1.165, 1.54) is 11.1 Å². The summed E-state index contributed by atoms with van der Waals surface area (Å²) in [7, 11) is 0. The molecule has 106 valence electrons. The van der Waals surface area contributed by atoms with Gasteiger partial charge in [-0.1, -0.05) is 30.7 Å². The minimum absolute atomic E-state index is 0.845. The third-order valence-corrected chi connectivity index (χ3v) is 3.75. The summed E-state index contributed by atoms with van der Waals surface area (Å²) in [5, 5.41) is 3.31. The summed E-state index contributed by atoms with van der Waals surface area (Å²) in [6.07, 6.45) is 0. The first-order chi connectivity index (χ1) is 9.60. The number of hydrogen-bond acceptors (Lipinski definition) is 2. The van der Waals surface area contributed by atoms with Crippen LogP contribution in [0, 0.1) is 13.8 Å². The van der Waals surface area contributed by atoms with Gasteiger partial charge in [0, 0.05) is 6.54 Å². The van der Waals surface area contributed by atoms with E-state index in [0.717, 1.165) is 34.6 Å². The zero-order chi connectivity index (χ0) is 14.5. The summed E-state index contributed by atoms with van der Waals surface area (Å²) >= 11 is 3.58. The molecule has 20 heavy (non-hydrogen) atoms. The molecule has 0 saturated carbocycles. The quantitative estimate of drug-likeness (QED) is 0.834. The van der Waals surface area contributed by atoms with E-state index in [1.807, 2.05) is 12.1 Å². The Hall–Kier alpha value is -1.32. The van der Waals surface area contributed by atoms with Crippen molar-refractivity contribution in [2.75, 3.05) is 6.54 Å². The van der Waals surface area contributed by atoms with Gasteiger partial charge in [0.25, 0.3) is 0 Å². The molecule has 0 unspecified atom stereocenters. The lowest BCUT2D eigenvalue weighted by molar-refractivity contribution is 0.475. The fraction of sp³-hybridized carbons (Fsp3) is 0.294. The molecule has 0 aliphatic carbocycles. The highest BCUT2D eigenvalue weighted by Gasteiger charge is 2.06. The van der Waals surface area contributed by atoms with Gasteiger partial charge in [0.05, 0.1) is 4.47 Å². The second-order valence-corrected chi connectivity index (χ2v) is 5.77. The van der Waals surface area contributed by atoms with Crippen molar-refractivity contribution in [1.82, 2.24) is 5.32 Å². The maximum atomic E-state index is 5.99.